The van der Waals surface area contributed by atoms with Crippen LogP contribution in [0.5, 0.6) is 0 Å². The molecule has 1 aromatic heterocycles. The third kappa shape index (κ3) is 4.52. The Morgan fingerprint density at radius 3 is 2.85 bits per heavy atom. The second-order valence-corrected chi connectivity index (χ2v) is 7.06. The van der Waals surface area contributed by atoms with Crippen molar-refractivity contribution >= 4 is 29.7 Å². The van der Waals surface area contributed by atoms with Crippen molar-refractivity contribution in [2.24, 2.45) is 0 Å². The fourth-order valence-electron chi connectivity index (χ4n) is 2.75. The summed E-state index contributed by atoms with van der Waals surface area (Å²) in [6, 6.07) is 13.1. The highest BCUT2D eigenvalue weighted by Crippen LogP contribution is 2.21. The fraction of sp³-hybridized carbons (Fsp3) is 0.250. The lowest BCUT2D eigenvalue weighted by Gasteiger charge is -2.13. The molecule has 5 nitrogen and oxygen atoms in total. The van der Waals surface area contributed by atoms with Crippen molar-refractivity contribution in [1.29, 1.82) is 0 Å². The highest BCUT2D eigenvalue weighted by Gasteiger charge is 2.30. The Bertz CT molecular complexity index is 808. The smallest absolute Gasteiger partial charge is 0.254 e. The molecule has 0 spiro atoms. The average Bonchev–Trinajstić information content (AvgIpc) is 2.98. The minimum Gasteiger partial charge on any atom is -0.344 e. The first-order chi connectivity index (χ1) is 12.6. The zero-order valence-electron chi connectivity index (χ0n) is 14.6. The monoisotopic (exact) mass is 367 g/mol. The molecule has 26 heavy (non-hydrogen) atoms. The molecule has 1 aliphatic rings. The van der Waals surface area contributed by atoms with Gasteiger partial charge in [0.25, 0.3) is 5.91 Å². The van der Waals surface area contributed by atoms with E-state index in [4.69, 9.17) is 0 Å². The number of nitrogens with zero attached hydrogens (tertiary/aromatic N) is 2. The van der Waals surface area contributed by atoms with Crippen LogP contribution in [0.3, 0.4) is 0 Å². The van der Waals surface area contributed by atoms with Gasteiger partial charge in [-0.25, -0.2) is 4.98 Å². The summed E-state index contributed by atoms with van der Waals surface area (Å²) in [7, 11) is 1.75. The fourth-order valence-corrected chi connectivity index (χ4v) is 3.55. The summed E-state index contributed by atoms with van der Waals surface area (Å²) in [5.74, 6) is 0.417. The number of hydrogen-bond acceptors (Lipinski definition) is 4. The number of hydrogen-bond donors (Lipinski definition) is 1. The molecule has 1 unspecified atom stereocenters. The highest BCUT2D eigenvalue weighted by atomic mass is 32.2. The summed E-state index contributed by atoms with van der Waals surface area (Å²) >= 11 is 1.50. The Morgan fingerprint density at radius 1 is 1.31 bits per heavy atom. The number of thioether (sulfide) groups is 1. The largest absolute Gasteiger partial charge is 0.344 e. The summed E-state index contributed by atoms with van der Waals surface area (Å²) < 4.78 is 0. The van der Waals surface area contributed by atoms with E-state index in [2.05, 4.69) is 10.3 Å². The van der Waals surface area contributed by atoms with E-state index >= 15 is 0 Å². The van der Waals surface area contributed by atoms with Gasteiger partial charge in [-0.1, -0.05) is 42.5 Å². The summed E-state index contributed by atoms with van der Waals surface area (Å²) in [6.45, 7) is 0.669. The van der Waals surface area contributed by atoms with Crippen LogP contribution in [0, 0.1) is 0 Å². The van der Waals surface area contributed by atoms with Crippen LogP contribution in [0.1, 0.15) is 22.3 Å². The lowest BCUT2D eigenvalue weighted by atomic mass is 10.2. The molecule has 0 bridgehead atoms. The molecule has 0 aliphatic carbocycles. The average molecular weight is 367 g/mol. The van der Waals surface area contributed by atoms with Gasteiger partial charge in [-0.15, -0.1) is 11.8 Å². The topological polar surface area (TPSA) is 62.3 Å². The molecule has 3 rings (SSSR count). The number of benzene rings is 1. The van der Waals surface area contributed by atoms with E-state index in [9.17, 15) is 9.59 Å². The van der Waals surface area contributed by atoms with Gasteiger partial charge in [0, 0.05) is 25.5 Å². The third-order valence-corrected chi connectivity index (χ3v) is 5.13. The minimum atomic E-state index is -0.441. The quantitative estimate of drug-likeness (QED) is 0.798. The number of carbonyl (C=O) groups excluding carboxylic acids is 2. The van der Waals surface area contributed by atoms with Crippen molar-refractivity contribution in [1.82, 2.24) is 15.2 Å². The molecule has 1 atom stereocenters. The van der Waals surface area contributed by atoms with E-state index in [1.807, 2.05) is 42.5 Å². The molecule has 0 radical (unpaired) electrons. The molecule has 2 aromatic rings. The molecule has 6 heteroatoms. The molecule has 2 heterocycles. The second-order valence-electron chi connectivity index (χ2n) is 6.05. The Kier molecular flexibility index (Phi) is 6.07. The van der Waals surface area contributed by atoms with E-state index in [1.165, 1.54) is 11.8 Å². The van der Waals surface area contributed by atoms with Crippen LogP contribution >= 0.6 is 11.8 Å². The second kappa shape index (κ2) is 8.67. The van der Waals surface area contributed by atoms with E-state index in [1.54, 1.807) is 30.3 Å². The van der Waals surface area contributed by atoms with Crippen LogP contribution < -0.4 is 5.32 Å². The maximum Gasteiger partial charge on any atom is 0.254 e. The number of amides is 2. The minimum absolute atomic E-state index is 0.0396. The Balaban J connectivity index is 1.61. The van der Waals surface area contributed by atoms with E-state index in [-0.39, 0.29) is 11.8 Å². The van der Waals surface area contributed by atoms with Crippen molar-refractivity contribution < 1.29 is 9.59 Å². The molecule has 1 N–H and O–H groups in total. The summed E-state index contributed by atoms with van der Waals surface area (Å²) in [5, 5.41) is 3.50. The van der Waals surface area contributed by atoms with E-state index in [0.717, 1.165) is 5.56 Å². The first-order valence-corrected chi connectivity index (χ1v) is 9.49. The van der Waals surface area contributed by atoms with Crippen LogP contribution in [0.25, 0.3) is 6.08 Å². The van der Waals surface area contributed by atoms with Crippen LogP contribution in [0.15, 0.2) is 59.8 Å². The number of likely N-dealkylation sites (tertiary alicyclic amines) is 1. The number of pyridine rings is 1. The van der Waals surface area contributed by atoms with Gasteiger partial charge in [-0.2, -0.15) is 0 Å². The maximum absolute atomic E-state index is 12.6. The predicted molar refractivity (Wildman–Crippen MR) is 104 cm³/mol. The van der Waals surface area contributed by atoms with Crippen molar-refractivity contribution in [3.8, 4) is 0 Å². The molecule has 1 aromatic carbocycles. The van der Waals surface area contributed by atoms with Gasteiger partial charge in [0.15, 0.2) is 0 Å². The van der Waals surface area contributed by atoms with Gasteiger partial charge in [0.2, 0.25) is 5.91 Å². The van der Waals surface area contributed by atoms with E-state index < -0.39 is 6.04 Å². The van der Waals surface area contributed by atoms with E-state index in [0.29, 0.717) is 29.3 Å². The SMILES string of the molecule is CN1CCC(NC(=O)c2cccnc2SCC=Cc2ccccc2)C1=O. The first-order valence-electron chi connectivity index (χ1n) is 8.50. The Morgan fingerprint density at radius 2 is 2.12 bits per heavy atom. The van der Waals surface area contributed by atoms with Crippen molar-refractivity contribution in [3.05, 3.63) is 65.9 Å². The van der Waals surface area contributed by atoms with Gasteiger partial charge in [-0.05, 0) is 24.1 Å². The highest BCUT2D eigenvalue weighted by molar-refractivity contribution is 7.99. The molecule has 0 saturated carbocycles. The summed E-state index contributed by atoms with van der Waals surface area (Å²) in [6.07, 6.45) is 6.41. The standard InChI is InChI=1S/C20H21N3O2S/c1-23-13-11-17(20(23)25)22-18(24)16-10-5-12-21-19(16)26-14-6-9-15-7-3-2-4-8-15/h2-10,12,17H,11,13-14H2,1H3,(H,22,24). The Labute approximate surface area is 157 Å². The Hall–Kier alpha value is -2.60. The number of carbonyl (C=O) groups is 2. The lowest BCUT2D eigenvalue weighted by Crippen LogP contribution is -2.40. The molecular formula is C20H21N3O2S. The first kappa shape index (κ1) is 18.2. The van der Waals surface area contributed by atoms with Gasteiger partial charge < -0.3 is 10.2 Å². The van der Waals surface area contributed by atoms with Gasteiger partial charge in [0.05, 0.1) is 5.56 Å². The van der Waals surface area contributed by atoms with Crippen molar-refractivity contribution in [2.75, 3.05) is 19.3 Å². The summed E-state index contributed by atoms with van der Waals surface area (Å²) in [5.41, 5.74) is 1.64. The lowest BCUT2D eigenvalue weighted by molar-refractivity contribution is -0.128. The van der Waals surface area contributed by atoms with Gasteiger partial charge in [-0.3, -0.25) is 9.59 Å². The maximum atomic E-state index is 12.6. The molecule has 1 saturated heterocycles. The van der Waals surface area contributed by atoms with Crippen molar-refractivity contribution in [2.45, 2.75) is 17.5 Å². The van der Waals surface area contributed by atoms with Crippen molar-refractivity contribution in [3.63, 3.8) is 0 Å². The van der Waals surface area contributed by atoms with Crippen LogP contribution in [0.2, 0.25) is 0 Å². The number of nitrogens with one attached hydrogen (secondary N) is 1. The van der Waals surface area contributed by atoms with Crippen LogP contribution in [-0.4, -0.2) is 47.1 Å². The van der Waals surface area contributed by atoms with Gasteiger partial charge >= 0.3 is 0 Å². The number of aromatic nitrogens is 1. The number of likely N-dealkylation sites (N-methyl/N-ethyl adjacent to an activating group) is 1. The molecule has 2 amide bonds. The van der Waals surface area contributed by atoms with Gasteiger partial charge in [0.1, 0.15) is 11.1 Å². The molecule has 1 aliphatic heterocycles. The predicted octanol–water partition coefficient (Wildman–Crippen LogP) is 2.85. The molecule has 1 fully saturated rings. The normalized spacial score (nSPS) is 17.0. The summed E-state index contributed by atoms with van der Waals surface area (Å²) in [4.78, 5) is 30.5. The zero-order chi connectivity index (χ0) is 18.4. The van der Waals surface area contributed by atoms with Crippen LogP contribution in [-0.2, 0) is 4.79 Å². The molecule has 134 valence electrons. The van der Waals surface area contributed by atoms with Crippen LogP contribution in [0.4, 0.5) is 0 Å². The number of rotatable bonds is 6. The molecular weight excluding hydrogens is 346 g/mol. The zero-order valence-corrected chi connectivity index (χ0v) is 15.4. The third-order valence-electron chi connectivity index (χ3n) is 4.17.